The number of allylic oxidation sites excluding steroid dienone is 5. The maximum absolute atomic E-state index is 12.0. The molecule has 3 aliphatic rings. The number of nitrogens with zero attached hydrogens (tertiary/aromatic N) is 2. The minimum absolute atomic E-state index is 0.00174. The highest BCUT2D eigenvalue weighted by atomic mass is 16.7. The molecule has 6 nitrogen and oxygen atoms in total. The van der Waals surface area contributed by atoms with Gasteiger partial charge >= 0.3 is 0 Å². The van der Waals surface area contributed by atoms with Gasteiger partial charge in [-0.1, -0.05) is 38.2 Å². The predicted molar refractivity (Wildman–Crippen MR) is 72.2 cm³/mol. The van der Waals surface area contributed by atoms with Crippen molar-refractivity contribution in [3.8, 4) is 0 Å². The maximum atomic E-state index is 12.0. The molecule has 0 saturated heterocycles. The summed E-state index contributed by atoms with van der Waals surface area (Å²) in [5, 5.41) is 11.3. The quantitative estimate of drug-likeness (QED) is 0.581. The summed E-state index contributed by atoms with van der Waals surface area (Å²) in [5.41, 5.74) is 3.66. The fraction of sp³-hybridized carbons (Fsp3) is 0.357. The minimum Gasteiger partial charge on any atom is -0.294 e. The van der Waals surface area contributed by atoms with Gasteiger partial charge in [0.25, 0.3) is 0 Å². The topological polar surface area (TPSA) is 75.5 Å². The van der Waals surface area contributed by atoms with Crippen LogP contribution in [0.2, 0.25) is 0 Å². The molecule has 6 heteroatoms. The van der Waals surface area contributed by atoms with Crippen LogP contribution < -0.4 is 5.43 Å². The van der Waals surface area contributed by atoms with Crippen LogP contribution in [0.4, 0.5) is 0 Å². The lowest BCUT2D eigenvalue weighted by Crippen LogP contribution is -2.53. The van der Waals surface area contributed by atoms with Gasteiger partial charge in [0.1, 0.15) is 0 Å². The van der Waals surface area contributed by atoms with Gasteiger partial charge in [-0.05, 0) is 16.6 Å². The molecule has 0 aromatic rings. The number of nitro groups is 1. The highest BCUT2D eigenvalue weighted by molar-refractivity contribution is 5.94. The Morgan fingerprint density at radius 3 is 2.85 bits per heavy atom. The minimum atomic E-state index is -0.545. The molecule has 20 heavy (non-hydrogen) atoms. The van der Waals surface area contributed by atoms with Crippen molar-refractivity contribution in [3.05, 3.63) is 58.0 Å². The molecule has 1 heterocycles. The summed E-state index contributed by atoms with van der Waals surface area (Å²) in [6.07, 6.45) is 10.6. The Morgan fingerprint density at radius 2 is 2.15 bits per heavy atom. The molecule has 0 aromatic heterocycles. The van der Waals surface area contributed by atoms with Crippen LogP contribution in [0.15, 0.2) is 47.9 Å². The molecule has 104 valence electrons. The molecule has 2 aliphatic carbocycles. The van der Waals surface area contributed by atoms with Gasteiger partial charge in [0, 0.05) is 12.0 Å². The molecule has 1 N–H and O–H groups in total. The number of carbonyl (C=O) groups excluding carboxylic acids is 1. The SMILES string of the molecule is CC1C(=O)C=C2NN([N+](=O)[O-])C=C3C=CC=CC32C1C. The highest BCUT2D eigenvalue weighted by Gasteiger charge is 2.51. The first-order valence-corrected chi connectivity index (χ1v) is 6.51. The van der Waals surface area contributed by atoms with E-state index in [0.29, 0.717) is 5.70 Å². The number of carbonyl (C=O) groups is 1. The van der Waals surface area contributed by atoms with Crippen molar-refractivity contribution in [2.45, 2.75) is 13.8 Å². The Bertz CT molecular complexity index is 617. The van der Waals surface area contributed by atoms with Crippen molar-refractivity contribution < 1.29 is 9.83 Å². The van der Waals surface area contributed by atoms with Crippen molar-refractivity contribution in [2.75, 3.05) is 0 Å². The van der Waals surface area contributed by atoms with E-state index in [-0.39, 0.29) is 17.6 Å². The summed E-state index contributed by atoms with van der Waals surface area (Å²) < 4.78 is 0. The predicted octanol–water partition coefficient (Wildman–Crippen LogP) is 1.73. The second kappa shape index (κ2) is 4.06. The van der Waals surface area contributed by atoms with Gasteiger partial charge in [0.2, 0.25) is 0 Å². The molecule has 0 radical (unpaired) electrons. The highest BCUT2D eigenvalue weighted by Crippen LogP contribution is 2.52. The summed E-state index contributed by atoms with van der Waals surface area (Å²) >= 11 is 0. The van der Waals surface area contributed by atoms with E-state index < -0.39 is 10.4 Å². The van der Waals surface area contributed by atoms with E-state index in [1.54, 1.807) is 0 Å². The van der Waals surface area contributed by atoms with Crippen LogP contribution in [-0.2, 0) is 4.79 Å². The summed E-state index contributed by atoms with van der Waals surface area (Å²) in [6.45, 7) is 3.91. The third kappa shape index (κ3) is 1.47. The number of hydrazine groups is 2. The summed E-state index contributed by atoms with van der Waals surface area (Å²) in [6, 6.07) is 0. The largest absolute Gasteiger partial charge is 0.294 e. The Balaban J connectivity index is 2.21. The molecule has 0 aromatic carbocycles. The molecule has 0 saturated carbocycles. The number of hydrogen-bond donors (Lipinski definition) is 1. The van der Waals surface area contributed by atoms with Gasteiger partial charge in [-0.3, -0.25) is 4.79 Å². The second-order valence-electron chi connectivity index (χ2n) is 5.40. The summed E-state index contributed by atoms with van der Waals surface area (Å²) in [4.78, 5) is 23.0. The first-order valence-electron chi connectivity index (χ1n) is 6.51. The number of ketones is 1. The van der Waals surface area contributed by atoms with Crippen molar-refractivity contribution in [1.82, 2.24) is 10.5 Å². The Kier molecular flexibility index (Phi) is 2.57. The average molecular weight is 273 g/mol. The first-order chi connectivity index (χ1) is 9.46. The van der Waals surface area contributed by atoms with Crippen LogP contribution >= 0.6 is 0 Å². The third-order valence-electron chi connectivity index (χ3n) is 4.55. The van der Waals surface area contributed by atoms with E-state index in [1.165, 1.54) is 12.3 Å². The van der Waals surface area contributed by atoms with Crippen molar-refractivity contribution in [3.63, 3.8) is 0 Å². The lowest BCUT2D eigenvalue weighted by molar-refractivity contribution is -0.653. The molecule has 0 amide bonds. The Labute approximate surface area is 116 Å². The van der Waals surface area contributed by atoms with Crippen LogP contribution in [0.1, 0.15) is 13.8 Å². The maximum Gasteiger partial charge on any atom is 0.185 e. The van der Waals surface area contributed by atoms with E-state index >= 15 is 0 Å². The molecule has 0 bridgehead atoms. The van der Waals surface area contributed by atoms with E-state index in [0.717, 1.165) is 10.7 Å². The monoisotopic (exact) mass is 273 g/mol. The Hall–Kier alpha value is -2.37. The zero-order valence-corrected chi connectivity index (χ0v) is 11.2. The van der Waals surface area contributed by atoms with Gasteiger partial charge in [-0.2, -0.15) is 0 Å². The smallest absolute Gasteiger partial charge is 0.185 e. The zero-order chi connectivity index (χ0) is 14.5. The van der Waals surface area contributed by atoms with Crippen molar-refractivity contribution >= 4 is 5.78 Å². The zero-order valence-electron chi connectivity index (χ0n) is 11.2. The van der Waals surface area contributed by atoms with Crippen LogP contribution in [-0.4, -0.2) is 15.9 Å². The van der Waals surface area contributed by atoms with E-state index in [9.17, 15) is 14.9 Å². The van der Waals surface area contributed by atoms with Crippen LogP contribution in [0.5, 0.6) is 0 Å². The number of rotatable bonds is 1. The first kappa shape index (κ1) is 12.7. The third-order valence-corrected chi connectivity index (χ3v) is 4.55. The van der Waals surface area contributed by atoms with Gasteiger partial charge in [0.15, 0.2) is 10.8 Å². The summed E-state index contributed by atoms with van der Waals surface area (Å²) in [5.74, 6) is -0.0933. The van der Waals surface area contributed by atoms with Crippen LogP contribution in [0.25, 0.3) is 0 Å². The molecule has 0 fully saturated rings. The van der Waals surface area contributed by atoms with Crippen molar-refractivity contribution in [1.29, 1.82) is 0 Å². The molecular formula is C14H15N3O3. The lowest BCUT2D eigenvalue weighted by atomic mass is 9.59. The van der Waals surface area contributed by atoms with E-state index in [2.05, 4.69) is 5.43 Å². The molecule has 3 rings (SSSR count). The fourth-order valence-corrected chi connectivity index (χ4v) is 3.19. The normalized spacial score (nSPS) is 34.7. The number of hydrogen-bond acceptors (Lipinski definition) is 4. The summed E-state index contributed by atoms with van der Waals surface area (Å²) in [7, 11) is 0. The standard InChI is InChI=1S/C14H15N3O3/c1-9-10(2)14-6-4-3-5-11(14)8-16(17(19)20)15-13(14)7-12(9)18/h3-10,15H,1-2H3. The van der Waals surface area contributed by atoms with Gasteiger partial charge in [-0.15, -0.1) is 0 Å². The van der Waals surface area contributed by atoms with Gasteiger partial charge in [-0.25, -0.2) is 15.5 Å². The van der Waals surface area contributed by atoms with Gasteiger partial charge < -0.3 is 0 Å². The molecule has 3 atom stereocenters. The van der Waals surface area contributed by atoms with Crippen LogP contribution in [0, 0.1) is 27.4 Å². The van der Waals surface area contributed by atoms with E-state index in [1.807, 2.05) is 38.2 Å². The van der Waals surface area contributed by atoms with E-state index in [4.69, 9.17) is 0 Å². The van der Waals surface area contributed by atoms with Crippen LogP contribution in [0.3, 0.4) is 0 Å². The molecule has 1 aliphatic heterocycles. The molecular weight excluding hydrogens is 258 g/mol. The second-order valence-corrected chi connectivity index (χ2v) is 5.40. The Morgan fingerprint density at radius 1 is 1.40 bits per heavy atom. The fourth-order valence-electron chi connectivity index (χ4n) is 3.19. The molecule has 3 unspecified atom stereocenters. The molecule has 1 spiro atoms. The van der Waals surface area contributed by atoms with Gasteiger partial charge in [0.05, 0.1) is 17.3 Å². The average Bonchev–Trinajstić information content (AvgIpc) is 2.43. The lowest BCUT2D eigenvalue weighted by Gasteiger charge is -2.48. The number of nitrogens with one attached hydrogen (secondary N) is 1. The van der Waals surface area contributed by atoms with Crippen molar-refractivity contribution in [2.24, 2.45) is 17.3 Å².